The molecule has 2 amide bonds. The average Bonchev–Trinajstić information content (AvgIpc) is 3.04. The van der Waals surface area contributed by atoms with Crippen LogP contribution in [0.4, 0.5) is 10.1 Å². The molecule has 1 N–H and O–H groups in total. The third-order valence-electron chi connectivity index (χ3n) is 7.75. The van der Waals surface area contributed by atoms with Crippen LogP contribution in [0.15, 0.2) is 82.6 Å². The Morgan fingerprint density at radius 3 is 2.30 bits per heavy atom. The maximum Gasteiger partial charge on any atom is 0.264 e. The van der Waals surface area contributed by atoms with Gasteiger partial charge in [-0.1, -0.05) is 43.5 Å². The van der Waals surface area contributed by atoms with Gasteiger partial charge >= 0.3 is 0 Å². The number of ether oxygens (including phenoxy) is 1. The second-order valence-electron chi connectivity index (χ2n) is 10.8. The van der Waals surface area contributed by atoms with Crippen LogP contribution in [0.5, 0.6) is 5.75 Å². The quantitative estimate of drug-likeness (QED) is 0.230. The van der Waals surface area contributed by atoms with E-state index >= 15 is 0 Å². The first-order valence-electron chi connectivity index (χ1n) is 14.9. The van der Waals surface area contributed by atoms with E-state index in [-0.39, 0.29) is 35.7 Å². The molecule has 0 bridgehead atoms. The number of benzene rings is 3. The number of hydrogen-bond acceptors (Lipinski definition) is 6. The minimum absolute atomic E-state index is 0.0121. The van der Waals surface area contributed by atoms with Crippen molar-refractivity contribution in [1.82, 2.24) is 10.2 Å². The van der Waals surface area contributed by atoms with Crippen LogP contribution in [-0.4, -0.2) is 56.6 Å². The summed E-state index contributed by atoms with van der Waals surface area (Å²) in [5.41, 5.74) is 0.812. The van der Waals surface area contributed by atoms with E-state index in [1.54, 1.807) is 62.4 Å². The SMILES string of the molecule is CCOc1ccccc1N(CC(=O)N(Cc1ccc(F)cc1)[C@@H](C)C(=O)NC1CCCCC1)S(=O)(=O)c1ccc(SC)cc1. The number of carbonyl (C=O) groups is 2. The number of hydrogen-bond donors (Lipinski definition) is 1. The number of thioether (sulfide) groups is 1. The molecule has 0 aliphatic heterocycles. The van der Waals surface area contributed by atoms with Crippen molar-refractivity contribution >= 4 is 39.3 Å². The van der Waals surface area contributed by atoms with Gasteiger partial charge in [0, 0.05) is 17.5 Å². The van der Waals surface area contributed by atoms with Crippen LogP contribution in [0.2, 0.25) is 0 Å². The summed E-state index contributed by atoms with van der Waals surface area (Å²) in [5.74, 6) is -1.02. The number of carbonyl (C=O) groups excluding carboxylic acids is 2. The number of amides is 2. The van der Waals surface area contributed by atoms with Crippen LogP contribution in [0.25, 0.3) is 0 Å². The minimum Gasteiger partial charge on any atom is -0.492 e. The van der Waals surface area contributed by atoms with Gasteiger partial charge < -0.3 is 15.0 Å². The van der Waals surface area contributed by atoms with E-state index in [0.29, 0.717) is 11.3 Å². The van der Waals surface area contributed by atoms with Crippen molar-refractivity contribution in [1.29, 1.82) is 0 Å². The van der Waals surface area contributed by atoms with Crippen LogP contribution in [-0.2, 0) is 26.2 Å². The first-order valence-corrected chi connectivity index (χ1v) is 17.5. The molecule has 236 valence electrons. The molecule has 1 aliphatic rings. The molecule has 8 nitrogen and oxygen atoms in total. The van der Waals surface area contributed by atoms with Crippen LogP contribution < -0.4 is 14.4 Å². The standard InChI is InChI=1S/C33H40FN3O5S2/c1-4-42-31-13-9-8-12-30(31)37(44(40,41)29-20-18-28(43-3)19-21-29)23-32(38)36(22-25-14-16-26(34)17-15-25)24(2)33(39)35-27-10-6-5-7-11-27/h8-9,12-21,24,27H,4-7,10-11,22-23H2,1-3H3,(H,35,39)/t24-/m0/s1. The molecule has 1 saturated carbocycles. The maximum absolute atomic E-state index is 14.2. The summed E-state index contributed by atoms with van der Waals surface area (Å²) >= 11 is 1.49. The van der Waals surface area contributed by atoms with Gasteiger partial charge in [0.25, 0.3) is 10.0 Å². The van der Waals surface area contributed by atoms with Gasteiger partial charge in [0.15, 0.2) is 0 Å². The van der Waals surface area contributed by atoms with Gasteiger partial charge in [-0.25, -0.2) is 12.8 Å². The Labute approximate surface area is 264 Å². The Morgan fingerprint density at radius 2 is 1.66 bits per heavy atom. The molecule has 44 heavy (non-hydrogen) atoms. The Bertz CT molecular complexity index is 1510. The number of rotatable bonds is 13. The number of anilines is 1. The fraction of sp³-hybridized carbons (Fsp3) is 0.394. The predicted octanol–water partition coefficient (Wildman–Crippen LogP) is 6.01. The van der Waals surface area contributed by atoms with Crippen molar-refractivity contribution in [2.24, 2.45) is 0 Å². The molecule has 1 aliphatic carbocycles. The second kappa shape index (κ2) is 15.4. The second-order valence-corrected chi connectivity index (χ2v) is 13.5. The minimum atomic E-state index is -4.25. The Balaban J connectivity index is 1.71. The number of nitrogens with zero attached hydrogens (tertiary/aromatic N) is 2. The summed E-state index contributed by atoms with van der Waals surface area (Å²) in [6.07, 6.45) is 6.83. The first kappa shape index (κ1) is 33.3. The van der Waals surface area contributed by atoms with Crippen LogP contribution in [0.1, 0.15) is 51.5 Å². The van der Waals surface area contributed by atoms with E-state index in [2.05, 4.69) is 5.32 Å². The summed E-state index contributed by atoms with van der Waals surface area (Å²) in [6, 6.07) is 17.9. The third kappa shape index (κ3) is 8.32. The van der Waals surface area contributed by atoms with Crippen molar-refractivity contribution < 1.29 is 27.1 Å². The van der Waals surface area contributed by atoms with Gasteiger partial charge in [-0.05, 0) is 87.0 Å². The number of nitrogens with one attached hydrogen (secondary N) is 1. The van der Waals surface area contributed by atoms with E-state index in [0.717, 1.165) is 41.3 Å². The monoisotopic (exact) mass is 641 g/mol. The van der Waals surface area contributed by atoms with Gasteiger partial charge in [0.2, 0.25) is 11.8 Å². The zero-order chi connectivity index (χ0) is 31.7. The van der Waals surface area contributed by atoms with E-state index in [9.17, 15) is 22.4 Å². The molecule has 0 unspecified atom stereocenters. The van der Waals surface area contributed by atoms with Crippen molar-refractivity contribution in [2.45, 2.75) is 74.4 Å². The lowest BCUT2D eigenvalue weighted by Gasteiger charge is -2.33. The highest BCUT2D eigenvalue weighted by molar-refractivity contribution is 7.98. The molecule has 1 fully saturated rings. The Hall–Kier alpha value is -3.57. The van der Waals surface area contributed by atoms with Crippen molar-refractivity contribution in [2.75, 3.05) is 23.7 Å². The van der Waals surface area contributed by atoms with Crippen LogP contribution in [0, 0.1) is 5.82 Å². The molecule has 3 aromatic rings. The smallest absolute Gasteiger partial charge is 0.264 e. The summed E-state index contributed by atoms with van der Waals surface area (Å²) in [5, 5.41) is 3.08. The van der Waals surface area contributed by atoms with Gasteiger partial charge in [-0.15, -0.1) is 11.8 Å². The largest absolute Gasteiger partial charge is 0.492 e. The zero-order valence-electron chi connectivity index (χ0n) is 25.4. The molecule has 3 aromatic carbocycles. The fourth-order valence-corrected chi connectivity index (χ4v) is 7.10. The number of para-hydroxylation sites is 2. The van der Waals surface area contributed by atoms with Crippen LogP contribution >= 0.6 is 11.8 Å². The molecular weight excluding hydrogens is 602 g/mol. The highest BCUT2D eigenvalue weighted by atomic mass is 32.2. The lowest BCUT2D eigenvalue weighted by atomic mass is 9.95. The Kier molecular flexibility index (Phi) is 11.7. The lowest BCUT2D eigenvalue weighted by Crippen LogP contribution is -2.53. The van der Waals surface area contributed by atoms with E-state index < -0.39 is 34.3 Å². The fourth-order valence-electron chi connectivity index (χ4n) is 5.27. The highest BCUT2D eigenvalue weighted by Gasteiger charge is 2.34. The molecule has 0 spiro atoms. The zero-order valence-corrected chi connectivity index (χ0v) is 27.0. The van der Waals surface area contributed by atoms with Crippen molar-refractivity contribution in [3.63, 3.8) is 0 Å². The molecular formula is C33H40FN3O5S2. The molecule has 0 heterocycles. The van der Waals surface area contributed by atoms with E-state index in [4.69, 9.17) is 4.74 Å². The normalized spacial score (nSPS) is 14.5. The van der Waals surface area contributed by atoms with E-state index in [1.807, 2.05) is 6.26 Å². The third-order valence-corrected chi connectivity index (χ3v) is 10.3. The summed E-state index contributed by atoms with van der Waals surface area (Å²) < 4.78 is 48.9. The predicted molar refractivity (Wildman–Crippen MR) is 172 cm³/mol. The molecule has 1 atom stereocenters. The van der Waals surface area contributed by atoms with Gasteiger partial charge in [0.1, 0.15) is 24.2 Å². The summed E-state index contributed by atoms with van der Waals surface area (Å²) in [7, 11) is -4.25. The lowest BCUT2D eigenvalue weighted by molar-refractivity contribution is -0.139. The number of sulfonamides is 1. The highest BCUT2D eigenvalue weighted by Crippen LogP contribution is 2.33. The Morgan fingerprint density at radius 1 is 1.00 bits per heavy atom. The molecule has 0 saturated heterocycles. The first-order chi connectivity index (χ1) is 21.1. The van der Waals surface area contributed by atoms with Crippen molar-refractivity contribution in [3.05, 3.63) is 84.2 Å². The maximum atomic E-state index is 14.2. The molecule has 0 radical (unpaired) electrons. The van der Waals surface area contributed by atoms with Crippen molar-refractivity contribution in [3.8, 4) is 5.75 Å². The average molecular weight is 642 g/mol. The molecule has 0 aromatic heterocycles. The van der Waals surface area contributed by atoms with Gasteiger partial charge in [-0.3, -0.25) is 13.9 Å². The van der Waals surface area contributed by atoms with Crippen LogP contribution in [0.3, 0.4) is 0 Å². The van der Waals surface area contributed by atoms with Gasteiger partial charge in [-0.2, -0.15) is 0 Å². The van der Waals surface area contributed by atoms with E-state index in [1.165, 1.54) is 40.9 Å². The topological polar surface area (TPSA) is 96.0 Å². The molecule has 4 rings (SSSR count). The van der Waals surface area contributed by atoms with Gasteiger partial charge in [0.05, 0.1) is 17.2 Å². The number of halogens is 1. The summed E-state index contributed by atoms with van der Waals surface area (Å²) in [4.78, 5) is 29.9. The summed E-state index contributed by atoms with van der Waals surface area (Å²) in [6.45, 7) is 3.11. The molecule has 11 heteroatoms.